The van der Waals surface area contributed by atoms with Gasteiger partial charge >= 0.3 is 5.97 Å². The highest BCUT2D eigenvalue weighted by Crippen LogP contribution is 2.28. The van der Waals surface area contributed by atoms with Gasteiger partial charge in [-0.15, -0.1) is 0 Å². The first-order valence-electron chi connectivity index (χ1n) is 8.91. The van der Waals surface area contributed by atoms with E-state index in [0.717, 1.165) is 17.5 Å². The monoisotopic (exact) mass is 389 g/mol. The second kappa shape index (κ2) is 13.4. The third-order valence-corrected chi connectivity index (χ3v) is 3.90. The molecule has 1 heterocycles. The molecule has 7 nitrogen and oxygen atoms in total. The van der Waals surface area contributed by atoms with Gasteiger partial charge in [0.2, 0.25) is 5.91 Å². The minimum Gasteiger partial charge on any atom is -0.457 e. The molecule has 1 aliphatic heterocycles. The van der Waals surface area contributed by atoms with E-state index in [1.165, 1.54) is 7.11 Å². The maximum absolute atomic E-state index is 10.8. The molecule has 0 aliphatic carbocycles. The molecule has 152 valence electrons. The molecular formula is C21H27NO6. The molecule has 2 atom stereocenters. The van der Waals surface area contributed by atoms with Gasteiger partial charge in [0.1, 0.15) is 6.10 Å². The van der Waals surface area contributed by atoms with Crippen LogP contribution in [-0.2, 0) is 19.2 Å². The third-order valence-electron chi connectivity index (χ3n) is 3.90. The maximum atomic E-state index is 10.8. The lowest BCUT2D eigenvalue weighted by Gasteiger charge is -2.08. The highest BCUT2D eigenvalue weighted by molar-refractivity contribution is 5.73. The molecule has 0 bridgehead atoms. The van der Waals surface area contributed by atoms with Gasteiger partial charge in [0, 0.05) is 12.8 Å². The molecule has 1 aliphatic rings. The van der Waals surface area contributed by atoms with E-state index in [2.05, 4.69) is 4.89 Å². The van der Waals surface area contributed by atoms with Crippen molar-refractivity contribution in [1.29, 1.82) is 0 Å². The van der Waals surface area contributed by atoms with Crippen molar-refractivity contribution in [3.63, 3.8) is 0 Å². The van der Waals surface area contributed by atoms with Gasteiger partial charge in [-0.3, -0.25) is 14.8 Å². The summed E-state index contributed by atoms with van der Waals surface area (Å²) in [5, 5.41) is 16.6. The Morgan fingerprint density at radius 1 is 1.18 bits per heavy atom. The van der Waals surface area contributed by atoms with Crippen LogP contribution in [0.5, 0.6) is 0 Å². The molecule has 0 aromatic heterocycles. The predicted octanol–water partition coefficient (Wildman–Crippen LogP) is 3.16. The fourth-order valence-electron chi connectivity index (χ4n) is 2.55. The number of hydrogen-bond acceptors (Lipinski definition) is 6. The molecule has 1 fully saturated rings. The highest BCUT2D eigenvalue weighted by atomic mass is 17.1. The molecule has 3 rings (SSSR count). The standard InChI is InChI=1S/C10H13NO2.C10H10O2.CH4O2/c11-10(13)7-6-9(12)8-4-2-1-3-5-8;11-10-7-6-9(12-10)8-4-2-1-3-5-8;1-3-2/h1-5,9,12H,6-7H2,(H2,11,13);1-5,9H,6-7H2;2H,1H3/t2*9-;/m11./s1. The number of benzene rings is 2. The van der Waals surface area contributed by atoms with Crippen molar-refractivity contribution < 1.29 is 29.6 Å². The van der Waals surface area contributed by atoms with Crippen molar-refractivity contribution in [3.8, 4) is 0 Å². The van der Waals surface area contributed by atoms with Crippen LogP contribution < -0.4 is 5.73 Å². The van der Waals surface area contributed by atoms with E-state index in [0.29, 0.717) is 12.8 Å². The molecular weight excluding hydrogens is 362 g/mol. The van der Waals surface area contributed by atoms with E-state index in [1.807, 2.05) is 60.7 Å². The zero-order valence-electron chi connectivity index (χ0n) is 15.9. The van der Waals surface area contributed by atoms with E-state index in [4.69, 9.17) is 15.7 Å². The van der Waals surface area contributed by atoms with Crippen molar-refractivity contribution in [1.82, 2.24) is 0 Å². The van der Waals surface area contributed by atoms with Gasteiger partial charge in [-0.1, -0.05) is 60.7 Å². The number of ether oxygens (including phenoxy) is 1. The second-order valence-electron chi connectivity index (χ2n) is 6.04. The van der Waals surface area contributed by atoms with Gasteiger partial charge in [0.15, 0.2) is 0 Å². The number of primary amides is 1. The third kappa shape index (κ3) is 9.27. The maximum Gasteiger partial charge on any atom is 0.306 e. The number of carbonyl (C=O) groups is 2. The lowest BCUT2D eigenvalue weighted by molar-refractivity contribution is -0.214. The summed E-state index contributed by atoms with van der Waals surface area (Å²) in [6.07, 6.45) is 1.39. The second-order valence-corrected chi connectivity index (χ2v) is 6.04. The molecule has 0 spiro atoms. The van der Waals surface area contributed by atoms with E-state index in [1.54, 1.807) is 0 Å². The molecule has 1 amide bonds. The smallest absolute Gasteiger partial charge is 0.306 e. The number of aliphatic hydroxyl groups is 1. The summed E-state index contributed by atoms with van der Waals surface area (Å²) in [5.41, 5.74) is 6.89. The van der Waals surface area contributed by atoms with Gasteiger partial charge in [0.05, 0.1) is 13.2 Å². The van der Waals surface area contributed by atoms with Crippen molar-refractivity contribution in [2.45, 2.75) is 37.9 Å². The fraction of sp³-hybridized carbons (Fsp3) is 0.333. The lowest BCUT2D eigenvalue weighted by Crippen LogP contribution is -2.11. The first-order chi connectivity index (χ1) is 13.5. The van der Waals surface area contributed by atoms with Crippen molar-refractivity contribution >= 4 is 11.9 Å². The number of nitrogens with two attached hydrogens (primary N) is 1. The van der Waals surface area contributed by atoms with E-state index >= 15 is 0 Å². The summed E-state index contributed by atoms with van der Waals surface area (Å²) in [5.74, 6) is -0.459. The Labute approximate surface area is 164 Å². The summed E-state index contributed by atoms with van der Waals surface area (Å²) in [4.78, 5) is 24.5. The zero-order valence-corrected chi connectivity index (χ0v) is 15.9. The number of esters is 1. The molecule has 0 radical (unpaired) electrons. The largest absolute Gasteiger partial charge is 0.457 e. The first kappa shape index (κ1) is 23.3. The lowest BCUT2D eigenvalue weighted by atomic mass is 10.1. The quantitative estimate of drug-likeness (QED) is 0.411. The number of rotatable bonds is 5. The van der Waals surface area contributed by atoms with Crippen LogP contribution in [0.25, 0.3) is 0 Å². The number of cyclic esters (lactones) is 1. The van der Waals surface area contributed by atoms with Crippen molar-refractivity contribution in [2.24, 2.45) is 5.73 Å². The summed E-state index contributed by atoms with van der Waals surface area (Å²) in [6, 6.07) is 19.1. The molecule has 2 aromatic carbocycles. The minimum atomic E-state index is -0.589. The van der Waals surface area contributed by atoms with Gasteiger partial charge < -0.3 is 15.6 Å². The minimum absolute atomic E-state index is 0.00120. The first-order valence-corrected chi connectivity index (χ1v) is 8.91. The number of carbonyl (C=O) groups excluding carboxylic acids is 2. The zero-order chi connectivity index (χ0) is 20.8. The summed E-state index contributed by atoms with van der Waals surface area (Å²) in [7, 11) is 1.18. The summed E-state index contributed by atoms with van der Waals surface area (Å²) in [6.45, 7) is 0. The molecule has 1 saturated heterocycles. The Bertz CT molecular complexity index is 693. The normalized spacial score (nSPS) is 16.0. The van der Waals surface area contributed by atoms with Crippen LogP contribution in [-0.4, -0.2) is 29.4 Å². The molecule has 4 N–H and O–H groups in total. The van der Waals surface area contributed by atoms with E-state index in [-0.39, 0.29) is 24.4 Å². The van der Waals surface area contributed by atoms with E-state index < -0.39 is 6.10 Å². The Morgan fingerprint density at radius 3 is 2.18 bits per heavy atom. The Kier molecular flexibility index (Phi) is 11.2. The van der Waals surface area contributed by atoms with Crippen LogP contribution in [0.15, 0.2) is 60.7 Å². The van der Waals surface area contributed by atoms with Gasteiger partial charge in [-0.25, -0.2) is 4.89 Å². The van der Waals surface area contributed by atoms with Crippen LogP contribution in [0.1, 0.15) is 49.0 Å². The van der Waals surface area contributed by atoms with E-state index in [9.17, 15) is 14.7 Å². The molecule has 2 aromatic rings. The highest BCUT2D eigenvalue weighted by Gasteiger charge is 2.24. The van der Waals surface area contributed by atoms with Gasteiger partial charge in [-0.05, 0) is 24.0 Å². The van der Waals surface area contributed by atoms with Gasteiger partial charge in [0.25, 0.3) is 0 Å². The van der Waals surface area contributed by atoms with Crippen molar-refractivity contribution in [3.05, 3.63) is 71.8 Å². The molecule has 7 heteroatoms. The number of aliphatic hydroxyl groups excluding tert-OH is 1. The average molecular weight is 389 g/mol. The Morgan fingerprint density at radius 2 is 1.71 bits per heavy atom. The van der Waals surface area contributed by atoms with Gasteiger partial charge in [-0.2, -0.15) is 0 Å². The Hall–Kier alpha value is -2.74. The van der Waals surface area contributed by atoms with Crippen LogP contribution in [0.3, 0.4) is 0 Å². The molecule has 28 heavy (non-hydrogen) atoms. The van der Waals surface area contributed by atoms with Crippen LogP contribution in [0.2, 0.25) is 0 Å². The van der Waals surface area contributed by atoms with Crippen molar-refractivity contribution in [2.75, 3.05) is 7.11 Å². The SMILES string of the molecule is COO.NC(=O)CC[C@@H](O)c1ccccc1.O=C1CC[C@H](c2ccccc2)O1. The molecule has 0 saturated carbocycles. The number of hydrogen-bond donors (Lipinski definition) is 3. The number of amides is 1. The van der Waals surface area contributed by atoms with Crippen LogP contribution in [0.4, 0.5) is 0 Å². The van der Waals surface area contributed by atoms with Crippen LogP contribution >= 0.6 is 0 Å². The summed E-state index contributed by atoms with van der Waals surface area (Å²) < 4.78 is 5.11. The van der Waals surface area contributed by atoms with Crippen LogP contribution in [0, 0.1) is 0 Å². The Balaban J connectivity index is 0.000000246. The molecule has 0 unspecified atom stereocenters. The average Bonchev–Trinajstić information content (AvgIpc) is 3.15. The summed E-state index contributed by atoms with van der Waals surface area (Å²) >= 11 is 0. The topological polar surface area (TPSA) is 119 Å². The fourth-order valence-corrected chi connectivity index (χ4v) is 2.55. The predicted molar refractivity (Wildman–Crippen MR) is 104 cm³/mol.